The maximum absolute atomic E-state index is 13.7. The summed E-state index contributed by atoms with van der Waals surface area (Å²) in [5, 5.41) is 0. The van der Waals surface area contributed by atoms with Gasteiger partial charge in [-0.05, 0) is 25.7 Å². The lowest BCUT2D eigenvalue weighted by Crippen LogP contribution is -2.57. The largest absolute Gasteiger partial charge is 0.465 e. The first-order chi connectivity index (χ1) is 16.3. The summed E-state index contributed by atoms with van der Waals surface area (Å²) < 4.78 is 5.02. The summed E-state index contributed by atoms with van der Waals surface area (Å²) in [7, 11) is 1.29. The van der Waals surface area contributed by atoms with E-state index in [-0.39, 0.29) is 40.9 Å². The van der Waals surface area contributed by atoms with Gasteiger partial charge in [0.2, 0.25) is 5.91 Å². The monoisotopic (exact) mass is 464 g/mol. The third kappa shape index (κ3) is 4.54. The normalized spacial score (nSPS) is 18.6. The Morgan fingerprint density at radius 2 is 1.76 bits per heavy atom. The van der Waals surface area contributed by atoms with Gasteiger partial charge in [0.25, 0.3) is 5.91 Å². The molecule has 0 radical (unpaired) electrons. The molecule has 2 heterocycles. The van der Waals surface area contributed by atoms with Crippen LogP contribution in [0, 0.1) is 5.92 Å². The topological polar surface area (TPSA) is 92.7 Å². The van der Waals surface area contributed by atoms with Crippen LogP contribution in [0.5, 0.6) is 0 Å². The van der Waals surface area contributed by atoms with E-state index in [4.69, 9.17) is 4.74 Å². The molecule has 1 unspecified atom stereocenters. The maximum Gasteiger partial charge on any atom is 0.342 e. The molecule has 4 rings (SSSR count). The predicted octanol–water partition coefficient (Wildman–Crippen LogP) is 3.53. The van der Waals surface area contributed by atoms with Crippen molar-refractivity contribution in [2.24, 2.45) is 5.92 Å². The van der Waals surface area contributed by atoms with Gasteiger partial charge in [-0.15, -0.1) is 0 Å². The number of nitrogens with zero attached hydrogens (tertiary/aromatic N) is 4. The third-order valence-electron chi connectivity index (χ3n) is 6.76. The molecular weight excluding hydrogens is 432 g/mol. The molecule has 1 atom stereocenters. The number of methoxy groups -OCH3 is 1. The third-order valence-corrected chi connectivity index (χ3v) is 6.76. The molecule has 0 N–H and O–H groups in total. The average molecular weight is 465 g/mol. The highest BCUT2D eigenvalue weighted by molar-refractivity contribution is 6.05. The second-order valence-corrected chi connectivity index (χ2v) is 9.43. The molecular formula is C26H32N4O4. The molecule has 34 heavy (non-hydrogen) atoms. The Bertz CT molecular complexity index is 1080. The summed E-state index contributed by atoms with van der Waals surface area (Å²) in [5.41, 5.74) is 1.41. The lowest BCUT2D eigenvalue weighted by molar-refractivity contribution is -0.142. The van der Waals surface area contributed by atoms with E-state index >= 15 is 0 Å². The van der Waals surface area contributed by atoms with Crippen molar-refractivity contribution in [3.05, 3.63) is 47.3 Å². The van der Waals surface area contributed by atoms with Gasteiger partial charge in [0.15, 0.2) is 5.82 Å². The van der Waals surface area contributed by atoms with Gasteiger partial charge in [0.1, 0.15) is 11.3 Å². The molecule has 2 aliphatic rings. The highest BCUT2D eigenvalue weighted by Gasteiger charge is 2.37. The van der Waals surface area contributed by atoms with Gasteiger partial charge in [-0.2, -0.15) is 0 Å². The second-order valence-electron chi connectivity index (χ2n) is 9.43. The lowest BCUT2D eigenvalue weighted by atomic mass is 9.84. The quantitative estimate of drug-likeness (QED) is 0.629. The second kappa shape index (κ2) is 9.91. The van der Waals surface area contributed by atoms with Crippen molar-refractivity contribution in [2.75, 3.05) is 26.7 Å². The highest BCUT2D eigenvalue weighted by Crippen LogP contribution is 2.30. The van der Waals surface area contributed by atoms with E-state index in [0.717, 1.165) is 24.8 Å². The van der Waals surface area contributed by atoms with Gasteiger partial charge in [-0.3, -0.25) is 9.59 Å². The molecule has 1 aliphatic heterocycles. The van der Waals surface area contributed by atoms with Gasteiger partial charge in [-0.25, -0.2) is 14.8 Å². The smallest absolute Gasteiger partial charge is 0.342 e. The zero-order valence-corrected chi connectivity index (χ0v) is 20.3. The number of hydrogen-bond donors (Lipinski definition) is 0. The van der Waals surface area contributed by atoms with E-state index in [2.05, 4.69) is 9.97 Å². The number of rotatable bonds is 5. The van der Waals surface area contributed by atoms with Crippen LogP contribution in [0.15, 0.2) is 30.3 Å². The van der Waals surface area contributed by atoms with Crippen molar-refractivity contribution in [1.82, 2.24) is 19.8 Å². The van der Waals surface area contributed by atoms with Crippen LogP contribution in [-0.2, 0) is 9.53 Å². The van der Waals surface area contributed by atoms with Crippen LogP contribution in [0.3, 0.4) is 0 Å². The van der Waals surface area contributed by atoms with Crippen LogP contribution in [-0.4, -0.2) is 70.3 Å². The van der Waals surface area contributed by atoms with E-state index in [9.17, 15) is 14.4 Å². The van der Waals surface area contributed by atoms with Crippen molar-refractivity contribution in [3.8, 4) is 11.4 Å². The van der Waals surface area contributed by atoms with Crippen molar-refractivity contribution in [1.29, 1.82) is 0 Å². The van der Waals surface area contributed by atoms with E-state index in [0.29, 0.717) is 31.2 Å². The summed E-state index contributed by atoms with van der Waals surface area (Å²) in [6, 6.07) is 9.30. The Hall–Kier alpha value is -3.29. The van der Waals surface area contributed by atoms with Crippen LogP contribution < -0.4 is 0 Å². The first kappa shape index (κ1) is 23.9. The summed E-state index contributed by atoms with van der Waals surface area (Å²) in [5.74, 6) is -0.381. The Morgan fingerprint density at radius 1 is 1.06 bits per heavy atom. The van der Waals surface area contributed by atoms with Gasteiger partial charge >= 0.3 is 5.97 Å². The molecule has 0 spiro atoms. The number of ether oxygens (including phenoxy) is 1. The minimum absolute atomic E-state index is 0.0513. The number of benzene rings is 1. The number of amides is 2. The minimum Gasteiger partial charge on any atom is -0.465 e. The molecule has 8 nitrogen and oxygen atoms in total. The maximum atomic E-state index is 13.7. The van der Waals surface area contributed by atoms with Gasteiger partial charge in [0.05, 0.1) is 12.8 Å². The summed E-state index contributed by atoms with van der Waals surface area (Å²) >= 11 is 0. The van der Waals surface area contributed by atoms with Gasteiger partial charge < -0.3 is 14.5 Å². The van der Waals surface area contributed by atoms with Gasteiger partial charge in [-0.1, -0.05) is 50.6 Å². The fourth-order valence-electron chi connectivity index (χ4n) is 4.58. The molecule has 1 aliphatic carbocycles. The Balaban J connectivity index is 1.69. The lowest BCUT2D eigenvalue weighted by Gasteiger charge is -2.42. The molecule has 0 bridgehead atoms. The molecule has 1 saturated carbocycles. The summed E-state index contributed by atoms with van der Waals surface area (Å²) in [6.07, 6.45) is 3.01. The SMILES string of the molecule is COC(=O)c1c(C(=O)N2CCN(C(=O)C3CCC3)C(C)C2)nc(-c2ccccc2)nc1C(C)C. The van der Waals surface area contributed by atoms with Gasteiger partial charge in [0, 0.05) is 37.2 Å². The number of hydrogen-bond acceptors (Lipinski definition) is 6. The Labute approximate surface area is 200 Å². The fraction of sp³-hybridized carbons (Fsp3) is 0.500. The van der Waals surface area contributed by atoms with Crippen molar-refractivity contribution < 1.29 is 19.1 Å². The first-order valence-corrected chi connectivity index (χ1v) is 12.0. The van der Waals surface area contributed by atoms with Crippen molar-refractivity contribution >= 4 is 17.8 Å². The van der Waals surface area contributed by atoms with E-state index in [1.807, 2.05) is 56.0 Å². The van der Waals surface area contributed by atoms with Crippen LogP contribution in [0.4, 0.5) is 0 Å². The van der Waals surface area contributed by atoms with E-state index in [1.54, 1.807) is 4.90 Å². The van der Waals surface area contributed by atoms with Crippen LogP contribution in [0.1, 0.15) is 72.5 Å². The molecule has 8 heteroatoms. The zero-order chi connectivity index (χ0) is 24.4. The average Bonchev–Trinajstić information content (AvgIpc) is 2.81. The number of carbonyl (C=O) groups is 3. The van der Waals surface area contributed by atoms with Crippen LogP contribution in [0.2, 0.25) is 0 Å². The van der Waals surface area contributed by atoms with Crippen molar-refractivity contribution in [2.45, 2.75) is 52.0 Å². The summed E-state index contributed by atoms with van der Waals surface area (Å²) in [6.45, 7) is 7.06. The molecule has 1 saturated heterocycles. The van der Waals surface area contributed by atoms with E-state index < -0.39 is 5.97 Å². The molecule has 2 aromatic rings. The number of piperazine rings is 1. The van der Waals surface area contributed by atoms with Crippen LogP contribution in [0.25, 0.3) is 11.4 Å². The highest BCUT2D eigenvalue weighted by atomic mass is 16.5. The van der Waals surface area contributed by atoms with E-state index in [1.165, 1.54) is 7.11 Å². The number of esters is 1. The summed E-state index contributed by atoms with van der Waals surface area (Å²) in [4.78, 5) is 52.1. The molecule has 180 valence electrons. The Morgan fingerprint density at radius 3 is 2.32 bits per heavy atom. The van der Waals surface area contributed by atoms with Crippen molar-refractivity contribution in [3.63, 3.8) is 0 Å². The molecule has 2 fully saturated rings. The standard InChI is InChI=1S/C26H32N4O4/c1-16(2)21-20(26(33)34-4)22(28-23(27-21)18-9-6-5-7-10-18)25(32)29-13-14-30(17(3)15-29)24(31)19-11-8-12-19/h5-7,9-10,16-17,19H,8,11-15H2,1-4H3. The Kier molecular flexibility index (Phi) is 6.95. The first-order valence-electron chi connectivity index (χ1n) is 12.0. The van der Waals surface area contributed by atoms with Crippen LogP contribution >= 0.6 is 0 Å². The molecule has 1 aromatic heterocycles. The zero-order valence-electron chi connectivity index (χ0n) is 20.3. The number of carbonyl (C=O) groups excluding carboxylic acids is 3. The molecule has 1 aromatic carbocycles. The fourth-order valence-corrected chi connectivity index (χ4v) is 4.58. The number of aromatic nitrogens is 2. The molecule has 2 amide bonds. The predicted molar refractivity (Wildman–Crippen MR) is 127 cm³/mol. The minimum atomic E-state index is -0.626.